The third-order valence-electron chi connectivity index (χ3n) is 3.91. The van der Waals surface area contributed by atoms with Gasteiger partial charge in [0.25, 0.3) is 5.88 Å². The van der Waals surface area contributed by atoms with Gasteiger partial charge in [-0.2, -0.15) is 10.1 Å². The molecule has 1 aliphatic rings. The summed E-state index contributed by atoms with van der Waals surface area (Å²) in [6.45, 7) is 2.41. The van der Waals surface area contributed by atoms with Crippen molar-refractivity contribution in [2.45, 2.75) is 16.7 Å². The molecule has 0 spiro atoms. The van der Waals surface area contributed by atoms with Gasteiger partial charge < -0.3 is 15.2 Å². The molecule has 0 atom stereocenters. The Hall–Kier alpha value is -3.26. The lowest BCUT2D eigenvalue weighted by Gasteiger charge is -2.31. The van der Waals surface area contributed by atoms with Gasteiger partial charge in [0.1, 0.15) is 0 Å². The molecule has 0 saturated heterocycles. The van der Waals surface area contributed by atoms with Crippen LogP contribution in [0.4, 0.5) is 17.3 Å². The second-order valence-corrected chi connectivity index (χ2v) is 6.96. The van der Waals surface area contributed by atoms with E-state index in [4.69, 9.17) is 10.3 Å². The van der Waals surface area contributed by atoms with E-state index >= 15 is 0 Å². The first kappa shape index (κ1) is 17.2. The molecule has 2 heterocycles. The summed E-state index contributed by atoms with van der Waals surface area (Å²) in [5.74, 6) is 0.473. The molecule has 0 radical (unpaired) electrons. The van der Waals surface area contributed by atoms with Crippen molar-refractivity contribution < 1.29 is 4.52 Å². The normalized spacial score (nSPS) is 13.5. The number of para-hydroxylation sites is 2. The minimum Gasteiger partial charge on any atom is -0.368 e. The average Bonchev–Trinajstić information content (AvgIpc) is 3.09. The predicted octanol–water partition coefficient (Wildman–Crippen LogP) is 3.81. The number of anilines is 2. The van der Waals surface area contributed by atoms with Crippen LogP contribution < -0.4 is 16.1 Å². The number of aromatic nitrogens is 1. The van der Waals surface area contributed by atoms with Crippen LogP contribution in [0.3, 0.4) is 0 Å². The zero-order chi connectivity index (χ0) is 18.6. The highest BCUT2D eigenvalue weighted by atomic mass is 32.2. The Morgan fingerprint density at radius 1 is 1.19 bits per heavy atom. The average molecular weight is 378 g/mol. The summed E-state index contributed by atoms with van der Waals surface area (Å²) in [4.78, 5) is 8.72. The van der Waals surface area contributed by atoms with Crippen molar-refractivity contribution in [3.05, 3.63) is 60.3 Å². The van der Waals surface area contributed by atoms with Gasteiger partial charge in [-0.25, -0.2) is 5.43 Å². The van der Waals surface area contributed by atoms with Gasteiger partial charge in [-0.3, -0.25) is 0 Å². The minimum absolute atomic E-state index is 0.136. The molecule has 1 aromatic heterocycles. The first-order valence-electron chi connectivity index (χ1n) is 8.39. The van der Waals surface area contributed by atoms with E-state index in [-0.39, 0.29) is 5.96 Å². The fourth-order valence-corrected chi connectivity index (χ4v) is 3.85. The molecule has 1 aliphatic heterocycles. The Bertz CT molecular complexity index is 967. The molecule has 27 heavy (non-hydrogen) atoms. The van der Waals surface area contributed by atoms with Crippen LogP contribution in [0.2, 0.25) is 0 Å². The molecule has 0 saturated carbocycles. The largest absolute Gasteiger partial charge is 0.368 e. The topological polar surface area (TPSA) is 92.0 Å². The molecule has 2 aromatic carbocycles. The number of rotatable bonds is 4. The molecule has 0 bridgehead atoms. The van der Waals surface area contributed by atoms with Gasteiger partial charge in [-0.05, 0) is 31.2 Å². The predicted molar refractivity (Wildman–Crippen MR) is 108 cm³/mol. The number of aryl methyl sites for hydroxylation is 1. The van der Waals surface area contributed by atoms with Gasteiger partial charge in [0.05, 0.1) is 23.6 Å². The van der Waals surface area contributed by atoms with Gasteiger partial charge in [-0.1, -0.05) is 41.2 Å². The van der Waals surface area contributed by atoms with Crippen LogP contribution in [0.15, 0.2) is 79.0 Å². The third kappa shape index (κ3) is 3.80. The van der Waals surface area contributed by atoms with Gasteiger partial charge >= 0.3 is 0 Å². The molecular weight excluding hydrogens is 360 g/mol. The molecule has 136 valence electrons. The van der Waals surface area contributed by atoms with Crippen LogP contribution in [0, 0.1) is 6.92 Å². The third-order valence-corrected chi connectivity index (χ3v) is 5.04. The van der Waals surface area contributed by atoms with Crippen molar-refractivity contribution in [3.63, 3.8) is 0 Å². The molecule has 0 fully saturated rings. The van der Waals surface area contributed by atoms with E-state index in [1.54, 1.807) is 24.0 Å². The van der Waals surface area contributed by atoms with E-state index in [2.05, 4.69) is 62.0 Å². The second-order valence-electron chi connectivity index (χ2n) is 5.88. The van der Waals surface area contributed by atoms with E-state index in [0.717, 1.165) is 17.1 Å². The lowest BCUT2D eigenvalue weighted by atomic mass is 10.2. The zero-order valence-electron chi connectivity index (χ0n) is 14.7. The van der Waals surface area contributed by atoms with Crippen molar-refractivity contribution in [1.82, 2.24) is 10.6 Å². The van der Waals surface area contributed by atoms with E-state index < -0.39 is 0 Å². The first-order valence-corrected chi connectivity index (χ1v) is 9.21. The fraction of sp³-hybridized carbons (Fsp3) is 0.105. The van der Waals surface area contributed by atoms with Crippen LogP contribution in [0.1, 0.15) is 5.69 Å². The Morgan fingerprint density at radius 2 is 1.85 bits per heavy atom. The quantitative estimate of drug-likeness (QED) is 0.407. The summed E-state index contributed by atoms with van der Waals surface area (Å²) in [7, 11) is 0. The second kappa shape index (κ2) is 7.55. The van der Waals surface area contributed by atoms with E-state index in [0.29, 0.717) is 12.4 Å². The maximum Gasteiger partial charge on any atom is 0.253 e. The number of hydrogen-bond donors (Lipinski definition) is 2. The van der Waals surface area contributed by atoms with Gasteiger partial charge in [0.15, 0.2) is 0 Å². The molecule has 0 aliphatic carbocycles. The maximum atomic E-state index is 5.81. The molecule has 3 aromatic rings. The number of nitrogens with zero attached hydrogens (tertiary/aromatic N) is 4. The van der Waals surface area contributed by atoms with E-state index in [9.17, 15) is 0 Å². The molecule has 7 nitrogen and oxygen atoms in total. The van der Waals surface area contributed by atoms with Crippen LogP contribution in [0.5, 0.6) is 0 Å². The highest BCUT2D eigenvalue weighted by molar-refractivity contribution is 7.99. The molecule has 8 heteroatoms. The lowest BCUT2D eigenvalue weighted by Crippen LogP contribution is -2.28. The monoisotopic (exact) mass is 378 g/mol. The molecule has 0 amide bonds. The summed E-state index contributed by atoms with van der Waals surface area (Å²) >= 11 is 1.78. The van der Waals surface area contributed by atoms with Crippen LogP contribution in [-0.4, -0.2) is 23.9 Å². The smallest absolute Gasteiger partial charge is 0.253 e. The van der Waals surface area contributed by atoms with E-state index in [1.165, 1.54) is 9.79 Å². The fourth-order valence-electron chi connectivity index (χ4n) is 2.76. The van der Waals surface area contributed by atoms with Gasteiger partial charge in [-0.15, -0.1) is 0 Å². The van der Waals surface area contributed by atoms with Crippen molar-refractivity contribution in [2.24, 2.45) is 15.8 Å². The Morgan fingerprint density at radius 3 is 2.48 bits per heavy atom. The van der Waals surface area contributed by atoms with Crippen LogP contribution in [-0.2, 0) is 0 Å². The highest BCUT2D eigenvalue weighted by Gasteiger charge is 2.21. The summed E-state index contributed by atoms with van der Waals surface area (Å²) in [5, 5.41) is 7.93. The van der Waals surface area contributed by atoms with Crippen molar-refractivity contribution >= 4 is 41.2 Å². The van der Waals surface area contributed by atoms with Gasteiger partial charge in [0, 0.05) is 22.1 Å². The first-order chi connectivity index (χ1) is 13.2. The number of nitrogens with one attached hydrogen (secondary N) is 1. The van der Waals surface area contributed by atoms with Crippen molar-refractivity contribution in [2.75, 3.05) is 11.4 Å². The number of hydrogen-bond acceptors (Lipinski definition) is 6. The van der Waals surface area contributed by atoms with Crippen molar-refractivity contribution in [3.8, 4) is 0 Å². The Balaban J connectivity index is 1.48. The summed E-state index contributed by atoms with van der Waals surface area (Å²) in [6, 6.07) is 18.4. The zero-order valence-corrected chi connectivity index (χ0v) is 15.5. The SMILES string of the molecule is Cc1cc(/N=C(\N)N/N=C/CN2c3ccccc3Sc3ccccc32)on1. The summed E-state index contributed by atoms with van der Waals surface area (Å²) in [5.41, 5.74) is 11.6. The van der Waals surface area contributed by atoms with Gasteiger partial charge in [0.2, 0.25) is 5.96 Å². The standard InChI is InChI=1S/C19H18N6OS/c1-13-12-18(26-24-13)22-19(20)23-21-10-11-25-14-6-2-4-8-16(14)27-17-9-5-3-7-15(17)25/h2-10,12H,11H2,1H3,(H3,20,22,23)/b21-10+. The minimum atomic E-state index is 0.136. The summed E-state index contributed by atoms with van der Waals surface area (Å²) < 4.78 is 4.99. The molecule has 3 N–H and O–H groups in total. The number of aliphatic imine (C=N–C) groups is 1. The van der Waals surface area contributed by atoms with Crippen LogP contribution in [0.25, 0.3) is 0 Å². The highest BCUT2D eigenvalue weighted by Crippen LogP contribution is 2.47. The van der Waals surface area contributed by atoms with Crippen molar-refractivity contribution in [1.29, 1.82) is 0 Å². The Kier molecular flexibility index (Phi) is 4.80. The number of nitrogens with two attached hydrogens (primary N) is 1. The number of benzene rings is 2. The summed E-state index contributed by atoms with van der Waals surface area (Å²) in [6.07, 6.45) is 1.76. The van der Waals surface area contributed by atoms with E-state index in [1.807, 2.05) is 19.1 Å². The number of fused-ring (bicyclic) bond motifs is 2. The van der Waals surface area contributed by atoms with Crippen LogP contribution >= 0.6 is 11.8 Å². The maximum absolute atomic E-state index is 5.81. The number of hydrazone groups is 1. The lowest BCUT2D eigenvalue weighted by molar-refractivity contribution is 0.425. The Labute approximate surface area is 160 Å². The molecule has 4 rings (SSSR count). The molecule has 0 unspecified atom stereocenters. The molecular formula is C19H18N6OS. The number of guanidine groups is 1.